The van der Waals surface area contributed by atoms with Gasteiger partial charge in [-0.15, -0.1) is 0 Å². The van der Waals surface area contributed by atoms with Crippen molar-refractivity contribution >= 4 is 22.0 Å². The van der Waals surface area contributed by atoms with Gasteiger partial charge in [-0.25, -0.2) is 12.8 Å². The van der Waals surface area contributed by atoms with Crippen molar-refractivity contribution < 1.29 is 22.3 Å². The van der Waals surface area contributed by atoms with Gasteiger partial charge in [-0.05, 0) is 55.3 Å². The molecule has 1 saturated heterocycles. The third-order valence-electron chi connectivity index (χ3n) is 4.81. The molecular formula is C24H29FN2O4S. The molecule has 2 aromatic carbocycles. The maximum absolute atomic E-state index is 14.4. The topological polar surface area (TPSA) is 75.7 Å². The van der Waals surface area contributed by atoms with E-state index >= 15 is 0 Å². The van der Waals surface area contributed by atoms with Crippen LogP contribution < -0.4 is 10.1 Å². The molecule has 0 aliphatic carbocycles. The second kappa shape index (κ2) is 10.5. The van der Waals surface area contributed by atoms with Gasteiger partial charge in [0.2, 0.25) is 5.91 Å². The first-order valence-corrected chi connectivity index (χ1v) is 11.7. The standard InChI is InChI=1S/C22H23FN2O4S.C2H6/c1-14-5-7-20(29-4)17(9-14)11-18-12-24-22(26)13-25(16(18)3)30(27,28)21-8-6-15(2)10-19(21)23;1-2/h5-11H,3,12-13H2,1-2,4H3,(H,24,26);1-2H3/b18-11+;. The molecule has 1 aliphatic rings. The summed E-state index contributed by atoms with van der Waals surface area (Å²) in [4.78, 5) is 11.7. The quantitative estimate of drug-likeness (QED) is 0.742. The molecule has 172 valence electrons. The maximum atomic E-state index is 14.4. The Hall–Kier alpha value is -3.13. The largest absolute Gasteiger partial charge is 0.496 e. The van der Waals surface area contributed by atoms with Gasteiger partial charge in [0.1, 0.15) is 23.0 Å². The zero-order chi connectivity index (χ0) is 24.1. The third kappa shape index (κ3) is 5.37. The average Bonchev–Trinajstić information content (AvgIpc) is 2.89. The predicted molar refractivity (Wildman–Crippen MR) is 124 cm³/mol. The van der Waals surface area contributed by atoms with E-state index in [0.717, 1.165) is 15.9 Å². The van der Waals surface area contributed by atoms with Crippen molar-refractivity contribution in [3.05, 3.63) is 76.8 Å². The highest BCUT2D eigenvalue weighted by molar-refractivity contribution is 7.89. The smallest absolute Gasteiger partial charge is 0.267 e. The summed E-state index contributed by atoms with van der Waals surface area (Å²) < 4.78 is 47.1. The Balaban J connectivity index is 0.00000176. The Morgan fingerprint density at radius 2 is 1.75 bits per heavy atom. The first-order chi connectivity index (χ1) is 15.1. The van der Waals surface area contributed by atoms with Crippen molar-refractivity contribution in [3.63, 3.8) is 0 Å². The summed E-state index contributed by atoms with van der Waals surface area (Å²) in [5.41, 5.74) is 2.85. The van der Waals surface area contributed by atoms with E-state index < -0.39 is 33.2 Å². The highest BCUT2D eigenvalue weighted by atomic mass is 32.2. The van der Waals surface area contributed by atoms with Gasteiger partial charge in [-0.3, -0.25) is 9.10 Å². The summed E-state index contributed by atoms with van der Waals surface area (Å²) in [7, 11) is -2.80. The lowest BCUT2D eigenvalue weighted by Gasteiger charge is -2.24. The number of ether oxygens (including phenoxy) is 1. The van der Waals surface area contributed by atoms with Crippen molar-refractivity contribution in [1.82, 2.24) is 9.62 Å². The molecule has 32 heavy (non-hydrogen) atoms. The molecule has 0 spiro atoms. The number of carbonyl (C=O) groups excluding carboxylic acids is 1. The zero-order valence-corrected chi connectivity index (χ0v) is 19.8. The molecule has 0 bridgehead atoms. The highest BCUT2D eigenvalue weighted by Crippen LogP contribution is 2.30. The minimum atomic E-state index is -4.34. The van der Waals surface area contributed by atoms with E-state index in [4.69, 9.17) is 4.74 Å². The monoisotopic (exact) mass is 460 g/mol. The van der Waals surface area contributed by atoms with Crippen LogP contribution in [0.4, 0.5) is 4.39 Å². The number of halogens is 1. The highest BCUT2D eigenvalue weighted by Gasteiger charge is 2.33. The summed E-state index contributed by atoms with van der Waals surface area (Å²) >= 11 is 0. The van der Waals surface area contributed by atoms with Crippen molar-refractivity contribution in [3.8, 4) is 5.75 Å². The molecule has 1 aliphatic heterocycles. The number of aryl methyl sites for hydroxylation is 2. The number of nitrogens with one attached hydrogen (secondary N) is 1. The Kier molecular flexibility index (Phi) is 8.21. The molecule has 0 saturated carbocycles. The summed E-state index contributed by atoms with van der Waals surface area (Å²) in [6, 6.07) is 9.41. The second-order valence-corrected chi connectivity index (χ2v) is 8.91. The first-order valence-electron chi connectivity index (χ1n) is 10.2. The normalized spacial score (nSPS) is 15.6. The van der Waals surface area contributed by atoms with Crippen LogP contribution in [-0.2, 0) is 14.8 Å². The lowest BCUT2D eigenvalue weighted by molar-refractivity contribution is -0.120. The molecule has 0 unspecified atom stereocenters. The van der Waals surface area contributed by atoms with Crippen LogP contribution in [0.15, 0.2) is 59.1 Å². The fraction of sp³-hybridized carbons (Fsp3) is 0.292. The zero-order valence-electron chi connectivity index (χ0n) is 19.0. The van der Waals surface area contributed by atoms with Gasteiger partial charge >= 0.3 is 0 Å². The molecule has 1 heterocycles. The fourth-order valence-corrected chi connectivity index (χ4v) is 4.67. The van der Waals surface area contributed by atoms with Gasteiger partial charge in [0, 0.05) is 12.1 Å². The second-order valence-electron chi connectivity index (χ2n) is 7.08. The molecule has 1 N–H and O–H groups in total. The Bertz CT molecular complexity index is 1160. The van der Waals surface area contributed by atoms with Gasteiger partial charge in [-0.2, -0.15) is 0 Å². The Morgan fingerprint density at radius 3 is 2.38 bits per heavy atom. The molecule has 3 rings (SSSR count). The van der Waals surface area contributed by atoms with E-state index in [2.05, 4.69) is 11.9 Å². The predicted octanol–water partition coefficient (Wildman–Crippen LogP) is 4.20. The molecule has 0 atom stereocenters. The molecule has 2 aromatic rings. The van der Waals surface area contributed by atoms with Crippen molar-refractivity contribution in [2.24, 2.45) is 0 Å². The number of rotatable bonds is 4. The van der Waals surface area contributed by atoms with E-state index in [1.807, 2.05) is 32.9 Å². The molecule has 1 fully saturated rings. The number of methoxy groups -OCH3 is 1. The third-order valence-corrected chi connectivity index (χ3v) is 6.62. The minimum Gasteiger partial charge on any atom is -0.496 e. The van der Waals surface area contributed by atoms with Gasteiger partial charge in [0.25, 0.3) is 10.0 Å². The number of amides is 1. The number of sulfonamides is 1. The molecule has 0 radical (unpaired) electrons. The first kappa shape index (κ1) is 25.1. The van der Waals surface area contributed by atoms with Crippen LogP contribution in [0.5, 0.6) is 5.75 Å². The van der Waals surface area contributed by atoms with E-state index in [1.165, 1.54) is 19.2 Å². The van der Waals surface area contributed by atoms with E-state index in [-0.39, 0.29) is 12.2 Å². The SMILES string of the molecule is C=C1/C(=C/c2cc(C)ccc2OC)CNC(=O)CN1S(=O)(=O)c1ccc(C)cc1F.CC. The van der Waals surface area contributed by atoms with Gasteiger partial charge in [0.05, 0.1) is 12.8 Å². The number of nitrogens with zero attached hydrogens (tertiary/aromatic N) is 1. The number of benzene rings is 2. The molecule has 8 heteroatoms. The van der Waals surface area contributed by atoms with Crippen LogP contribution in [0.25, 0.3) is 6.08 Å². The van der Waals surface area contributed by atoms with Crippen LogP contribution in [0.3, 0.4) is 0 Å². The lowest BCUT2D eigenvalue weighted by Crippen LogP contribution is -2.36. The van der Waals surface area contributed by atoms with Crippen LogP contribution >= 0.6 is 0 Å². The number of carbonyl (C=O) groups is 1. The van der Waals surface area contributed by atoms with Crippen LogP contribution in [0.2, 0.25) is 0 Å². The van der Waals surface area contributed by atoms with E-state index in [0.29, 0.717) is 22.4 Å². The van der Waals surface area contributed by atoms with Crippen LogP contribution in [-0.4, -0.2) is 38.8 Å². The summed E-state index contributed by atoms with van der Waals surface area (Å²) in [5, 5.41) is 2.67. The molecule has 6 nitrogen and oxygen atoms in total. The lowest BCUT2D eigenvalue weighted by atomic mass is 10.1. The summed E-state index contributed by atoms with van der Waals surface area (Å²) in [6.07, 6.45) is 1.72. The molecule has 0 aromatic heterocycles. The average molecular weight is 461 g/mol. The van der Waals surface area contributed by atoms with Crippen molar-refractivity contribution in [2.75, 3.05) is 20.2 Å². The number of hydrogen-bond acceptors (Lipinski definition) is 4. The minimum absolute atomic E-state index is 0.0805. The van der Waals surface area contributed by atoms with Crippen LogP contribution in [0, 0.1) is 19.7 Å². The fourth-order valence-electron chi connectivity index (χ4n) is 3.19. The number of hydrogen-bond donors (Lipinski definition) is 1. The molecule has 1 amide bonds. The Labute approximate surface area is 189 Å². The summed E-state index contributed by atoms with van der Waals surface area (Å²) in [5.74, 6) is -0.791. The van der Waals surface area contributed by atoms with E-state index in [9.17, 15) is 17.6 Å². The summed E-state index contributed by atoms with van der Waals surface area (Å²) in [6.45, 7) is 11.1. The molecular weight excluding hydrogens is 431 g/mol. The van der Waals surface area contributed by atoms with Crippen molar-refractivity contribution in [1.29, 1.82) is 0 Å². The Morgan fingerprint density at radius 1 is 1.12 bits per heavy atom. The van der Waals surface area contributed by atoms with Crippen molar-refractivity contribution in [2.45, 2.75) is 32.6 Å². The van der Waals surface area contributed by atoms with E-state index in [1.54, 1.807) is 19.1 Å². The van der Waals surface area contributed by atoms with Gasteiger partial charge in [-0.1, -0.05) is 38.1 Å². The van der Waals surface area contributed by atoms with Crippen LogP contribution in [0.1, 0.15) is 30.5 Å². The van der Waals surface area contributed by atoms with Gasteiger partial charge in [0.15, 0.2) is 0 Å². The maximum Gasteiger partial charge on any atom is 0.267 e. The van der Waals surface area contributed by atoms with Gasteiger partial charge < -0.3 is 10.1 Å².